The third-order valence-corrected chi connectivity index (χ3v) is 3.41. The highest BCUT2D eigenvalue weighted by Gasteiger charge is 2.22. The summed E-state index contributed by atoms with van der Waals surface area (Å²) in [5.41, 5.74) is 6.13. The van der Waals surface area contributed by atoms with Gasteiger partial charge in [0.15, 0.2) is 0 Å². The summed E-state index contributed by atoms with van der Waals surface area (Å²) in [4.78, 5) is 2.46. The van der Waals surface area contributed by atoms with E-state index in [9.17, 15) is 0 Å². The van der Waals surface area contributed by atoms with Crippen LogP contribution in [0.1, 0.15) is 45.4 Å². The predicted octanol–water partition coefficient (Wildman–Crippen LogP) is 2.24. The number of unbranched alkanes of at least 4 members (excludes halogenated alkanes) is 1. The molecule has 0 saturated heterocycles. The van der Waals surface area contributed by atoms with Gasteiger partial charge in [0.1, 0.15) is 0 Å². The number of nitrogens with two attached hydrogens (primary N) is 1. The molecule has 0 radical (unpaired) electrons. The molecule has 1 rings (SSSR count). The second kappa shape index (κ2) is 6.41. The Morgan fingerprint density at radius 3 is 2.64 bits per heavy atom. The largest absolute Gasteiger partial charge is 0.327 e. The summed E-state index contributed by atoms with van der Waals surface area (Å²) in [6.07, 6.45) is 7.93. The first kappa shape index (κ1) is 12.0. The molecule has 0 heterocycles. The Morgan fingerprint density at radius 1 is 1.29 bits per heavy atom. The molecule has 0 aromatic carbocycles. The molecule has 1 saturated carbocycles. The maximum Gasteiger partial charge on any atom is 0.00793 e. The topological polar surface area (TPSA) is 29.3 Å². The lowest BCUT2D eigenvalue weighted by Crippen LogP contribution is -2.40. The van der Waals surface area contributed by atoms with Gasteiger partial charge in [0, 0.05) is 12.6 Å². The van der Waals surface area contributed by atoms with E-state index in [1.54, 1.807) is 0 Å². The van der Waals surface area contributed by atoms with E-state index >= 15 is 0 Å². The Kier molecular flexibility index (Phi) is 5.49. The number of nitrogens with zero attached hydrogens (tertiary/aromatic N) is 1. The van der Waals surface area contributed by atoms with E-state index in [0.717, 1.165) is 5.92 Å². The minimum Gasteiger partial charge on any atom is -0.327 e. The molecular formula is C12H26N2. The molecule has 0 aromatic heterocycles. The van der Waals surface area contributed by atoms with Crippen LogP contribution in [0.25, 0.3) is 0 Å². The maximum atomic E-state index is 6.13. The van der Waals surface area contributed by atoms with Crippen molar-refractivity contribution in [1.82, 2.24) is 4.90 Å². The molecule has 2 unspecified atom stereocenters. The molecule has 0 spiro atoms. The van der Waals surface area contributed by atoms with E-state index in [1.807, 2.05) is 0 Å². The third kappa shape index (κ3) is 3.97. The minimum absolute atomic E-state index is 0.466. The molecule has 14 heavy (non-hydrogen) atoms. The van der Waals surface area contributed by atoms with Crippen molar-refractivity contribution in [3.05, 3.63) is 0 Å². The van der Waals surface area contributed by atoms with Gasteiger partial charge in [-0.2, -0.15) is 0 Å². The Labute approximate surface area is 88.8 Å². The maximum absolute atomic E-state index is 6.13. The summed E-state index contributed by atoms with van der Waals surface area (Å²) < 4.78 is 0. The van der Waals surface area contributed by atoms with Gasteiger partial charge in [-0.15, -0.1) is 0 Å². The summed E-state index contributed by atoms with van der Waals surface area (Å²) in [5, 5.41) is 0. The molecule has 2 atom stereocenters. The van der Waals surface area contributed by atoms with E-state index in [2.05, 4.69) is 18.9 Å². The van der Waals surface area contributed by atoms with Crippen LogP contribution in [0.2, 0.25) is 0 Å². The molecule has 1 fully saturated rings. The normalized spacial score (nSPS) is 28.3. The van der Waals surface area contributed by atoms with Crippen LogP contribution >= 0.6 is 0 Å². The van der Waals surface area contributed by atoms with Gasteiger partial charge >= 0.3 is 0 Å². The first-order valence-electron chi connectivity index (χ1n) is 6.18. The van der Waals surface area contributed by atoms with Gasteiger partial charge in [0.25, 0.3) is 0 Å². The van der Waals surface area contributed by atoms with E-state index < -0.39 is 0 Å². The lowest BCUT2D eigenvalue weighted by atomic mass is 9.85. The van der Waals surface area contributed by atoms with Crippen LogP contribution in [0.3, 0.4) is 0 Å². The van der Waals surface area contributed by atoms with Crippen LogP contribution < -0.4 is 5.73 Å². The standard InChI is InChI=1S/C12H26N2/c1-3-4-9-14(2)10-11-7-5-6-8-12(11)13/h11-12H,3-10,13H2,1-2H3. The van der Waals surface area contributed by atoms with Gasteiger partial charge in [-0.1, -0.05) is 26.2 Å². The van der Waals surface area contributed by atoms with E-state index in [4.69, 9.17) is 5.73 Å². The highest BCUT2D eigenvalue weighted by Crippen LogP contribution is 2.23. The van der Waals surface area contributed by atoms with Crippen LogP contribution in [0.5, 0.6) is 0 Å². The van der Waals surface area contributed by atoms with Crippen LogP contribution in [0.4, 0.5) is 0 Å². The Morgan fingerprint density at radius 2 is 2.00 bits per heavy atom. The van der Waals surface area contributed by atoms with E-state index in [-0.39, 0.29) is 0 Å². The van der Waals surface area contributed by atoms with Crippen molar-refractivity contribution in [2.75, 3.05) is 20.1 Å². The van der Waals surface area contributed by atoms with Crippen LogP contribution in [0, 0.1) is 5.92 Å². The van der Waals surface area contributed by atoms with E-state index in [1.165, 1.54) is 51.6 Å². The van der Waals surface area contributed by atoms with Crippen molar-refractivity contribution in [1.29, 1.82) is 0 Å². The quantitative estimate of drug-likeness (QED) is 0.734. The average Bonchev–Trinajstić information content (AvgIpc) is 2.18. The van der Waals surface area contributed by atoms with Gasteiger partial charge in [-0.3, -0.25) is 0 Å². The van der Waals surface area contributed by atoms with Gasteiger partial charge in [-0.05, 0) is 38.8 Å². The Bertz CT molecular complexity index is 147. The van der Waals surface area contributed by atoms with Gasteiger partial charge < -0.3 is 10.6 Å². The van der Waals surface area contributed by atoms with Gasteiger partial charge in [-0.25, -0.2) is 0 Å². The molecule has 2 nitrogen and oxygen atoms in total. The Balaban J connectivity index is 2.20. The highest BCUT2D eigenvalue weighted by molar-refractivity contribution is 4.79. The van der Waals surface area contributed by atoms with E-state index in [0.29, 0.717) is 6.04 Å². The molecule has 0 aliphatic heterocycles. The summed E-state index contributed by atoms with van der Waals surface area (Å²) in [6.45, 7) is 4.70. The number of hydrogen-bond donors (Lipinski definition) is 1. The van der Waals surface area contributed by atoms with Crippen molar-refractivity contribution in [2.24, 2.45) is 11.7 Å². The first-order chi connectivity index (χ1) is 6.74. The fraction of sp³-hybridized carbons (Fsp3) is 1.00. The molecule has 0 amide bonds. The molecule has 84 valence electrons. The molecular weight excluding hydrogens is 172 g/mol. The second-order valence-corrected chi connectivity index (χ2v) is 4.82. The zero-order valence-electron chi connectivity index (χ0n) is 9.84. The molecule has 0 bridgehead atoms. The van der Waals surface area contributed by atoms with Crippen molar-refractivity contribution >= 4 is 0 Å². The lowest BCUT2D eigenvalue weighted by molar-refractivity contribution is 0.209. The Hall–Kier alpha value is -0.0800. The zero-order chi connectivity index (χ0) is 10.4. The molecule has 1 aliphatic rings. The summed E-state index contributed by atoms with van der Waals surface area (Å²) in [7, 11) is 2.23. The van der Waals surface area contributed by atoms with Crippen molar-refractivity contribution in [2.45, 2.75) is 51.5 Å². The van der Waals surface area contributed by atoms with Crippen molar-refractivity contribution < 1.29 is 0 Å². The summed E-state index contributed by atoms with van der Waals surface area (Å²) in [6, 6.07) is 0.466. The van der Waals surface area contributed by atoms with Gasteiger partial charge in [0.2, 0.25) is 0 Å². The van der Waals surface area contributed by atoms with Crippen molar-refractivity contribution in [3.8, 4) is 0 Å². The number of rotatable bonds is 5. The monoisotopic (exact) mass is 198 g/mol. The molecule has 2 N–H and O–H groups in total. The SMILES string of the molecule is CCCCN(C)CC1CCCCC1N. The zero-order valence-corrected chi connectivity index (χ0v) is 9.84. The fourth-order valence-electron chi connectivity index (χ4n) is 2.38. The predicted molar refractivity (Wildman–Crippen MR) is 62.3 cm³/mol. The minimum atomic E-state index is 0.466. The fourth-order valence-corrected chi connectivity index (χ4v) is 2.38. The molecule has 1 aliphatic carbocycles. The summed E-state index contributed by atoms with van der Waals surface area (Å²) >= 11 is 0. The van der Waals surface area contributed by atoms with Crippen LogP contribution in [0.15, 0.2) is 0 Å². The smallest absolute Gasteiger partial charge is 0.00793 e. The lowest BCUT2D eigenvalue weighted by Gasteiger charge is -2.32. The number of hydrogen-bond acceptors (Lipinski definition) is 2. The van der Waals surface area contributed by atoms with Crippen molar-refractivity contribution in [3.63, 3.8) is 0 Å². The van der Waals surface area contributed by atoms with Gasteiger partial charge in [0.05, 0.1) is 0 Å². The highest BCUT2D eigenvalue weighted by atomic mass is 15.1. The molecule has 2 heteroatoms. The average molecular weight is 198 g/mol. The van der Waals surface area contributed by atoms with Crippen LogP contribution in [-0.2, 0) is 0 Å². The second-order valence-electron chi connectivity index (χ2n) is 4.82. The summed E-state index contributed by atoms with van der Waals surface area (Å²) in [5.74, 6) is 0.755. The third-order valence-electron chi connectivity index (χ3n) is 3.41. The van der Waals surface area contributed by atoms with Crippen LogP contribution in [-0.4, -0.2) is 31.1 Å². The first-order valence-corrected chi connectivity index (χ1v) is 6.18. The molecule has 0 aromatic rings.